The van der Waals surface area contributed by atoms with E-state index in [2.05, 4.69) is 20.6 Å². The van der Waals surface area contributed by atoms with Gasteiger partial charge in [-0.3, -0.25) is 25.6 Å². The Morgan fingerprint density at radius 1 is 1.28 bits per heavy atom. The van der Waals surface area contributed by atoms with Crippen LogP contribution in [0, 0.1) is 11.3 Å². The van der Waals surface area contributed by atoms with Gasteiger partial charge in [0.25, 0.3) is 11.7 Å². The number of nitrogens with one attached hydrogen (secondary N) is 5. The maximum atomic E-state index is 13.3. The maximum absolute atomic E-state index is 13.3. The molecule has 0 saturated heterocycles. The number of carbonyl (C=O) groups excluding carboxylic acids is 3. The summed E-state index contributed by atoms with van der Waals surface area (Å²) in [7, 11) is 1.49. The number of carbonyl (C=O) groups is 3. The second kappa shape index (κ2) is 13.1. The van der Waals surface area contributed by atoms with Gasteiger partial charge in [-0.1, -0.05) is 12.8 Å². The molecule has 6 aliphatic rings. The van der Waals surface area contributed by atoms with Crippen LogP contribution in [0.4, 0.5) is 0 Å². The molecule has 0 aromatic heterocycles. The van der Waals surface area contributed by atoms with Crippen LogP contribution in [0.2, 0.25) is 0 Å². The molecule has 1 amide bonds. The topological polar surface area (TPSA) is 210 Å². The van der Waals surface area contributed by atoms with E-state index in [4.69, 9.17) is 24.4 Å². The molecule has 7 rings (SSSR count). The first-order valence-corrected chi connectivity index (χ1v) is 16.8. The number of methoxy groups -OCH3 is 1. The van der Waals surface area contributed by atoms with Crippen molar-refractivity contribution in [3.63, 3.8) is 0 Å². The van der Waals surface area contributed by atoms with Crippen LogP contribution in [0.15, 0.2) is 39.8 Å². The van der Waals surface area contributed by atoms with E-state index in [-0.39, 0.29) is 66.5 Å². The zero-order valence-corrected chi connectivity index (χ0v) is 28.1. The molecule has 0 spiro atoms. The summed E-state index contributed by atoms with van der Waals surface area (Å²) >= 11 is 0. The highest BCUT2D eigenvalue weighted by Gasteiger charge is 2.49. The first-order valence-electron chi connectivity index (χ1n) is 16.8. The van der Waals surface area contributed by atoms with Crippen molar-refractivity contribution < 1.29 is 53.3 Å². The number of nitrogens with zero attached hydrogens (tertiary/aromatic N) is 2. The van der Waals surface area contributed by atoms with E-state index in [0.717, 1.165) is 35.5 Å². The first-order chi connectivity index (χ1) is 24.1. The van der Waals surface area contributed by atoms with Crippen LogP contribution in [0.1, 0.15) is 56.2 Å². The zero-order chi connectivity index (χ0) is 35.3. The predicted molar refractivity (Wildman–Crippen MR) is 176 cm³/mol. The predicted octanol–water partition coefficient (Wildman–Crippen LogP) is -1.77. The van der Waals surface area contributed by atoms with Crippen molar-refractivity contribution >= 4 is 41.2 Å². The molecule has 0 radical (unpaired) electrons. The number of ether oxygens (including phenoxy) is 4. The first kappa shape index (κ1) is 33.6. The third-order valence-corrected chi connectivity index (χ3v) is 10.4. The van der Waals surface area contributed by atoms with Crippen molar-refractivity contribution in [3.8, 4) is 17.2 Å². The SMILES string of the molecule is CCOC(=O)C1=C(C=O)/C(=C\C[NH+]2C=CNC2[NH+]2CN=C3C(=O)NC(=N)N=C32)c2c(OC)c3c(c(CO)c2O1)O[C@H]([C@@](C)(O)C1CCCC1)C3. The minimum absolute atomic E-state index is 0.0310. The van der Waals surface area contributed by atoms with Crippen LogP contribution < -0.4 is 34.6 Å². The van der Waals surface area contributed by atoms with Crippen LogP contribution in [0.25, 0.3) is 5.57 Å². The number of quaternary nitrogens is 2. The van der Waals surface area contributed by atoms with E-state index >= 15 is 0 Å². The highest BCUT2D eigenvalue weighted by Crippen LogP contribution is 2.55. The number of fused-ring (bicyclic) bond motifs is 3. The van der Waals surface area contributed by atoms with Gasteiger partial charge in [-0.05, 0) is 38.7 Å². The zero-order valence-electron chi connectivity index (χ0n) is 28.1. The normalized spacial score (nSPS) is 27.3. The fourth-order valence-electron chi connectivity index (χ4n) is 7.90. The summed E-state index contributed by atoms with van der Waals surface area (Å²) in [5, 5.41) is 36.1. The summed E-state index contributed by atoms with van der Waals surface area (Å²) in [5.41, 5.74) is 0.533. The standard InChI is InChI=1S/C34H39N7O9/c1-4-48-31(45)28-20(14-42)18(9-11-40-12-10-36-33(40)41-16-37-24-29(41)38-32(35)39-30(24)44)23-26(47-3)19-13-22(34(2,46)17-7-5-6-8-17)49-25(19)21(15-43)27(23)50-28/h9-10,12,14,17,22,33,36,43,46H,4-8,11,13,15-16H2,1-3H3,(H2,35,39,44)/p+2/b18-9+/t22-,33?,34-/m0/s1. The van der Waals surface area contributed by atoms with Gasteiger partial charge in [0, 0.05) is 17.6 Å². The molecule has 5 heterocycles. The summed E-state index contributed by atoms with van der Waals surface area (Å²) in [4.78, 5) is 48.7. The lowest BCUT2D eigenvalue weighted by molar-refractivity contribution is -1.05. The number of hydrogen-bond acceptors (Lipinski definition) is 12. The van der Waals surface area contributed by atoms with E-state index in [1.807, 2.05) is 6.20 Å². The maximum Gasteiger partial charge on any atom is 0.375 e. The average Bonchev–Trinajstić information content (AvgIpc) is 3.92. The Balaban J connectivity index is 1.31. The molecule has 16 nitrogen and oxygen atoms in total. The van der Waals surface area contributed by atoms with Gasteiger partial charge in [0.1, 0.15) is 41.7 Å². The third-order valence-electron chi connectivity index (χ3n) is 10.4. The van der Waals surface area contributed by atoms with E-state index in [1.54, 1.807) is 26.1 Å². The number of aldehydes is 1. The molecule has 16 heteroatoms. The van der Waals surface area contributed by atoms with Crippen molar-refractivity contribution in [2.45, 2.75) is 70.6 Å². The number of aliphatic imine (C=N–C) groups is 2. The molecule has 1 aliphatic carbocycles. The second-order valence-corrected chi connectivity index (χ2v) is 13.2. The Morgan fingerprint density at radius 3 is 2.76 bits per heavy atom. The van der Waals surface area contributed by atoms with E-state index < -0.39 is 36.5 Å². The lowest BCUT2D eigenvalue weighted by atomic mass is 9.81. The Bertz CT molecular complexity index is 1820. The minimum atomic E-state index is -1.16. The van der Waals surface area contributed by atoms with Crippen molar-refractivity contribution in [2.24, 2.45) is 15.9 Å². The molecule has 3 unspecified atom stereocenters. The number of amides is 1. The lowest BCUT2D eigenvalue weighted by Gasteiger charge is -2.35. The summed E-state index contributed by atoms with van der Waals surface area (Å²) in [6.07, 6.45) is 9.05. The minimum Gasteiger partial charge on any atom is -0.496 e. The van der Waals surface area contributed by atoms with Crippen molar-refractivity contribution in [1.82, 2.24) is 10.6 Å². The van der Waals surface area contributed by atoms with Gasteiger partial charge < -0.3 is 29.2 Å². The van der Waals surface area contributed by atoms with Crippen molar-refractivity contribution in [3.05, 3.63) is 46.5 Å². The molecule has 5 atom stereocenters. The number of rotatable bonds is 10. The Labute approximate surface area is 287 Å². The van der Waals surface area contributed by atoms with Crippen LogP contribution in [0.3, 0.4) is 0 Å². The van der Waals surface area contributed by atoms with E-state index in [9.17, 15) is 24.6 Å². The van der Waals surface area contributed by atoms with Gasteiger partial charge in [-0.25, -0.2) is 14.7 Å². The molecule has 50 heavy (non-hydrogen) atoms. The summed E-state index contributed by atoms with van der Waals surface area (Å²) in [6.45, 7) is 3.41. The second-order valence-electron chi connectivity index (χ2n) is 13.2. The molecule has 1 aromatic carbocycles. The van der Waals surface area contributed by atoms with E-state index in [1.165, 1.54) is 7.11 Å². The molecule has 7 N–H and O–H groups in total. The number of aliphatic hydroxyl groups is 2. The number of hydrogen-bond donors (Lipinski definition) is 7. The molecular weight excluding hydrogens is 650 g/mol. The Kier molecular flexibility index (Phi) is 8.80. The Morgan fingerprint density at radius 2 is 2.06 bits per heavy atom. The smallest absolute Gasteiger partial charge is 0.375 e. The van der Waals surface area contributed by atoms with Gasteiger partial charge in [-0.2, -0.15) is 9.89 Å². The summed E-state index contributed by atoms with van der Waals surface area (Å²) < 4.78 is 23.9. The largest absolute Gasteiger partial charge is 0.496 e. The summed E-state index contributed by atoms with van der Waals surface area (Å²) in [6, 6.07) is 0. The number of guanidine groups is 1. The van der Waals surface area contributed by atoms with Gasteiger partial charge in [0.15, 0.2) is 13.0 Å². The van der Waals surface area contributed by atoms with Crippen molar-refractivity contribution in [2.75, 3.05) is 26.9 Å². The van der Waals surface area contributed by atoms with Crippen LogP contribution >= 0.6 is 0 Å². The fraction of sp³-hybridized carbons (Fsp3) is 0.471. The Hall–Kier alpha value is -4.90. The number of amidine groups is 1. The lowest BCUT2D eigenvalue weighted by Crippen LogP contribution is -3.36. The van der Waals surface area contributed by atoms with Crippen LogP contribution in [0.5, 0.6) is 17.2 Å². The van der Waals surface area contributed by atoms with Gasteiger partial charge in [0.05, 0.1) is 43.2 Å². The van der Waals surface area contributed by atoms with Crippen molar-refractivity contribution in [1.29, 1.82) is 5.41 Å². The molecule has 1 fully saturated rings. The van der Waals surface area contributed by atoms with Gasteiger partial charge >= 0.3 is 12.3 Å². The molecule has 1 aromatic rings. The molecule has 1 saturated carbocycles. The van der Waals surface area contributed by atoms with Gasteiger partial charge in [0.2, 0.25) is 17.4 Å². The summed E-state index contributed by atoms with van der Waals surface area (Å²) in [5.74, 6) is -0.785. The molecule has 0 bridgehead atoms. The quantitative estimate of drug-likeness (QED) is 0.108. The number of allylic oxidation sites excluding steroid dienone is 2. The average molecular weight is 692 g/mol. The molecular formula is C34H41N7O9+2. The third kappa shape index (κ3) is 5.39. The molecule has 5 aliphatic heterocycles. The van der Waals surface area contributed by atoms with Gasteiger partial charge in [-0.15, -0.1) is 0 Å². The number of esters is 1. The number of aliphatic hydroxyl groups excluding tert-OH is 1. The van der Waals surface area contributed by atoms with Crippen LogP contribution in [-0.2, 0) is 32.1 Å². The highest BCUT2D eigenvalue weighted by molar-refractivity contribution is 6.68. The number of benzene rings is 1. The molecule has 264 valence electrons. The monoisotopic (exact) mass is 691 g/mol. The van der Waals surface area contributed by atoms with Crippen LogP contribution in [-0.4, -0.2) is 90.8 Å². The van der Waals surface area contributed by atoms with E-state index in [0.29, 0.717) is 40.3 Å². The fourth-order valence-corrected chi connectivity index (χ4v) is 7.90. The highest BCUT2D eigenvalue weighted by atomic mass is 16.6.